The first-order valence-corrected chi connectivity index (χ1v) is 9.12. The fraction of sp³-hybridized carbons (Fsp3) is 0.250. The van der Waals surface area contributed by atoms with E-state index in [-0.39, 0.29) is 24.1 Å². The van der Waals surface area contributed by atoms with Crippen molar-refractivity contribution in [1.29, 1.82) is 0 Å². The van der Waals surface area contributed by atoms with Gasteiger partial charge in [0, 0.05) is 6.54 Å². The van der Waals surface area contributed by atoms with Gasteiger partial charge in [-0.3, -0.25) is 10.1 Å². The van der Waals surface area contributed by atoms with Crippen LogP contribution in [-0.2, 0) is 10.0 Å². The number of nitrogens with two attached hydrogens (primary N) is 1. The predicted molar refractivity (Wildman–Crippen MR) is 95.8 cm³/mol. The Morgan fingerprint density at radius 1 is 1.23 bits per heavy atom. The number of sulfonamides is 1. The molecule has 2 aromatic carbocycles. The number of anilines is 1. The number of nitro benzene ring substituents is 1. The topological polar surface area (TPSA) is 119 Å². The van der Waals surface area contributed by atoms with Gasteiger partial charge < -0.3 is 10.2 Å². The van der Waals surface area contributed by atoms with Crippen molar-refractivity contribution in [3.8, 4) is 0 Å². The molecular weight excluding hydrogens is 363 g/mol. The van der Waals surface area contributed by atoms with Crippen LogP contribution in [0.3, 0.4) is 0 Å². The minimum Gasteiger partial charge on any atom is -0.378 e. The van der Waals surface area contributed by atoms with Gasteiger partial charge in [0.15, 0.2) is 4.90 Å². The van der Waals surface area contributed by atoms with Gasteiger partial charge in [-0.05, 0) is 43.9 Å². The van der Waals surface area contributed by atoms with Gasteiger partial charge in [0.2, 0.25) is 10.0 Å². The third-order valence-electron chi connectivity index (χ3n) is 3.85. The second-order valence-electron chi connectivity index (χ2n) is 5.87. The zero-order valence-corrected chi connectivity index (χ0v) is 15.0. The van der Waals surface area contributed by atoms with E-state index in [1.807, 2.05) is 19.0 Å². The third kappa shape index (κ3) is 4.54. The zero-order valence-electron chi connectivity index (χ0n) is 14.2. The summed E-state index contributed by atoms with van der Waals surface area (Å²) in [6.45, 7) is 0.230. The second-order valence-corrected chi connectivity index (χ2v) is 7.40. The standard InChI is InChI=1S/C16H19FN4O4S/c1-20(2)14(11-6-8-12(17)9-7-11)10-19-13-4-3-5-15(26(18,24)25)16(13)21(22)23/h3-9,14,19H,10H2,1-2H3,(H2,18,24,25). The van der Waals surface area contributed by atoms with Crippen LogP contribution in [0.2, 0.25) is 0 Å². The largest absolute Gasteiger partial charge is 0.378 e. The number of benzene rings is 2. The molecule has 2 rings (SSSR count). The van der Waals surface area contributed by atoms with Crippen molar-refractivity contribution >= 4 is 21.4 Å². The maximum atomic E-state index is 13.1. The van der Waals surface area contributed by atoms with Gasteiger partial charge in [-0.15, -0.1) is 0 Å². The Bertz CT molecular complexity index is 901. The molecule has 0 heterocycles. The maximum absolute atomic E-state index is 13.1. The van der Waals surface area contributed by atoms with Crippen molar-refractivity contribution in [1.82, 2.24) is 4.90 Å². The first kappa shape index (κ1) is 19.8. The summed E-state index contributed by atoms with van der Waals surface area (Å²) in [6, 6.07) is 9.54. The summed E-state index contributed by atoms with van der Waals surface area (Å²) in [5.41, 5.74) is 0.233. The lowest BCUT2D eigenvalue weighted by Gasteiger charge is -2.25. The molecule has 0 aliphatic rings. The molecule has 0 spiro atoms. The van der Waals surface area contributed by atoms with E-state index in [1.54, 1.807) is 12.1 Å². The van der Waals surface area contributed by atoms with Crippen LogP contribution in [0.1, 0.15) is 11.6 Å². The van der Waals surface area contributed by atoms with Crippen LogP contribution in [0.25, 0.3) is 0 Å². The molecule has 1 atom stereocenters. The van der Waals surface area contributed by atoms with Crippen LogP contribution >= 0.6 is 0 Å². The van der Waals surface area contributed by atoms with Crippen molar-refractivity contribution in [2.45, 2.75) is 10.9 Å². The Morgan fingerprint density at radius 2 is 1.85 bits per heavy atom. The fourth-order valence-electron chi connectivity index (χ4n) is 2.57. The summed E-state index contributed by atoms with van der Waals surface area (Å²) in [5, 5.41) is 19.3. The summed E-state index contributed by atoms with van der Waals surface area (Å²) in [4.78, 5) is 11.9. The number of likely N-dealkylation sites (N-methyl/N-ethyl adjacent to an activating group) is 1. The van der Waals surface area contributed by atoms with E-state index < -0.39 is 25.5 Å². The Labute approximate surface area is 150 Å². The monoisotopic (exact) mass is 382 g/mol. The number of nitrogens with one attached hydrogen (secondary N) is 1. The highest BCUT2D eigenvalue weighted by Gasteiger charge is 2.27. The molecule has 0 radical (unpaired) electrons. The lowest BCUT2D eigenvalue weighted by molar-refractivity contribution is -0.386. The van der Waals surface area contributed by atoms with Crippen LogP contribution in [0.4, 0.5) is 15.8 Å². The van der Waals surface area contributed by atoms with Crippen LogP contribution in [0.15, 0.2) is 47.4 Å². The number of rotatable bonds is 7. The number of hydrogen-bond donors (Lipinski definition) is 2. The molecule has 0 saturated carbocycles. The lowest BCUT2D eigenvalue weighted by atomic mass is 10.1. The number of hydrogen-bond acceptors (Lipinski definition) is 6. The minimum absolute atomic E-state index is 0.0375. The Morgan fingerprint density at radius 3 is 2.35 bits per heavy atom. The quantitative estimate of drug-likeness (QED) is 0.559. The average Bonchev–Trinajstić information content (AvgIpc) is 2.55. The van der Waals surface area contributed by atoms with Gasteiger partial charge in [-0.1, -0.05) is 18.2 Å². The molecule has 140 valence electrons. The van der Waals surface area contributed by atoms with Crippen molar-refractivity contribution < 1.29 is 17.7 Å². The Balaban J connectivity index is 2.35. The van der Waals surface area contributed by atoms with Crippen molar-refractivity contribution in [2.75, 3.05) is 26.0 Å². The molecule has 26 heavy (non-hydrogen) atoms. The van der Waals surface area contributed by atoms with Crippen molar-refractivity contribution in [3.63, 3.8) is 0 Å². The Kier molecular flexibility index (Phi) is 5.90. The highest BCUT2D eigenvalue weighted by Crippen LogP contribution is 2.32. The molecule has 0 bridgehead atoms. The smallest absolute Gasteiger partial charge is 0.312 e. The molecule has 1 unspecified atom stereocenters. The molecule has 2 aromatic rings. The molecule has 10 heteroatoms. The van der Waals surface area contributed by atoms with Crippen LogP contribution in [0.5, 0.6) is 0 Å². The molecule has 8 nitrogen and oxygen atoms in total. The lowest BCUT2D eigenvalue weighted by Crippen LogP contribution is -2.27. The number of nitrogens with zero attached hydrogens (tertiary/aromatic N) is 2. The van der Waals surface area contributed by atoms with E-state index in [0.717, 1.165) is 11.6 Å². The summed E-state index contributed by atoms with van der Waals surface area (Å²) in [6.07, 6.45) is 0. The molecule has 0 saturated heterocycles. The zero-order chi connectivity index (χ0) is 19.5. The maximum Gasteiger partial charge on any atom is 0.312 e. The molecule has 0 aliphatic carbocycles. The van der Waals surface area contributed by atoms with Crippen LogP contribution in [0, 0.1) is 15.9 Å². The highest BCUT2D eigenvalue weighted by atomic mass is 32.2. The van der Waals surface area contributed by atoms with E-state index in [2.05, 4.69) is 5.32 Å². The first-order valence-electron chi connectivity index (χ1n) is 7.57. The van der Waals surface area contributed by atoms with Crippen LogP contribution in [-0.4, -0.2) is 38.9 Å². The number of primary sulfonamides is 1. The predicted octanol–water partition coefficient (Wildman–Crippen LogP) is 2.10. The summed E-state index contributed by atoms with van der Waals surface area (Å²) in [5.74, 6) is -0.365. The van der Waals surface area contributed by atoms with Gasteiger partial charge in [0.25, 0.3) is 0 Å². The average molecular weight is 382 g/mol. The second kappa shape index (κ2) is 7.77. The van der Waals surface area contributed by atoms with E-state index in [4.69, 9.17) is 5.14 Å². The van der Waals surface area contributed by atoms with Gasteiger partial charge in [-0.2, -0.15) is 0 Å². The SMILES string of the molecule is CN(C)C(CNc1cccc(S(N)(=O)=O)c1[N+](=O)[O-])c1ccc(F)cc1. The van der Waals surface area contributed by atoms with Gasteiger partial charge in [0.1, 0.15) is 11.5 Å². The van der Waals surface area contributed by atoms with Crippen LogP contribution < -0.4 is 10.5 Å². The van der Waals surface area contributed by atoms with E-state index in [9.17, 15) is 22.9 Å². The van der Waals surface area contributed by atoms with Gasteiger partial charge >= 0.3 is 5.69 Å². The molecule has 0 aromatic heterocycles. The van der Waals surface area contributed by atoms with E-state index in [0.29, 0.717) is 0 Å². The van der Waals surface area contributed by atoms with Gasteiger partial charge in [0.05, 0.1) is 11.0 Å². The van der Waals surface area contributed by atoms with Gasteiger partial charge in [-0.25, -0.2) is 17.9 Å². The highest BCUT2D eigenvalue weighted by molar-refractivity contribution is 7.89. The molecule has 0 aliphatic heterocycles. The normalized spacial score (nSPS) is 12.8. The number of para-hydroxylation sites is 1. The summed E-state index contributed by atoms with van der Waals surface area (Å²) in [7, 11) is -0.626. The number of nitro groups is 1. The molecule has 0 fully saturated rings. The number of halogens is 1. The molecule has 3 N–H and O–H groups in total. The van der Waals surface area contributed by atoms with Crippen molar-refractivity contribution in [2.24, 2.45) is 5.14 Å². The van der Waals surface area contributed by atoms with E-state index >= 15 is 0 Å². The minimum atomic E-state index is -4.25. The third-order valence-corrected chi connectivity index (χ3v) is 4.79. The summed E-state index contributed by atoms with van der Waals surface area (Å²) < 4.78 is 36.4. The molecular formula is C16H19FN4O4S. The Hall–Kier alpha value is -2.56. The van der Waals surface area contributed by atoms with E-state index in [1.165, 1.54) is 24.3 Å². The molecule has 0 amide bonds. The first-order chi connectivity index (χ1) is 12.1. The fourth-order valence-corrected chi connectivity index (χ4v) is 3.30. The van der Waals surface area contributed by atoms with Crippen molar-refractivity contribution in [3.05, 3.63) is 64.0 Å². The summed E-state index contributed by atoms with van der Waals surface area (Å²) >= 11 is 0.